The maximum absolute atomic E-state index is 13.3. The van der Waals surface area contributed by atoms with Crippen molar-refractivity contribution in [1.82, 2.24) is 9.55 Å². The van der Waals surface area contributed by atoms with Crippen LogP contribution >= 0.6 is 7.82 Å². The smallest absolute Gasteiger partial charge is 0.390 e. The summed E-state index contributed by atoms with van der Waals surface area (Å²) in [4.78, 5) is 42.0. The minimum Gasteiger partial charge on any atom is -0.390 e. The Morgan fingerprint density at radius 2 is 2.22 bits per heavy atom. The van der Waals surface area contributed by atoms with Crippen molar-refractivity contribution in [3.8, 4) is 0 Å². The van der Waals surface area contributed by atoms with E-state index in [4.69, 9.17) is 14.5 Å². The van der Waals surface area contributed by atoms with Crippen LogP contribution in [0, 0.1) is 5.82 Å². The average Bonchev–Trinajstić information content (AvgIpc) is 2.81. The molecule has 1 aromatic heterocycles. The van der Waals surface area contributed by atoms with Crippen molar-refractivity contribution in [1.29, 1.82) is 0 Å². The fourth-order valence-electron chi connectivity index (χ4n) is 2.21. The van der Waals surface area contributed by atoms with E-state index in [0.29, 0.717) is 6.20 Å². The quantitative estimate of drug-likeness (QED) is 0.389. The molecule has 4 N–H and O–H groups in total. The van der Waals surface area contributed by atoms with Crippen molar-refractivity contribution in [2.24, 2.45) is 0 Å². The second-order valence-electron chi connectivity index (χ2n) is 4.80. The maximum atomic E-state index is 13.3. The van der Waals surface area contributed by atoms with Crippen molar-refractivity contribution in [3.63, 3.8) is 0 Å². The van der Waals surface area contributed by atoms with Crippen LogP contribution in [-0.2, 0) is 13.8 Å². The summed E-state index contributed by atoms with van der Waals surface area (Å²) in [6, 6.07) is 0. The Balaban J connectivity index is 2.26. The molecule has 2 rings (SSSR count). The highest BCUT2D eigenvalue weighted by molar-refractivity contribution is 7.46. The first-order chi connectivity index (χ1) is 10.6. The number of H-pyrrole nitrogens is 1. The summed E-state index contributed by atoms with van der Waals surface area (Å²) in [7, 11) is -4.87. The standard InChI is InChI=1S/C11H14FN2O8P/c1-2-7(22-23(18,19)20)9-6(15)3-8(21-9)14-4-5(12)10(16)13-11(14)17/h2,4,6-9,15H,1,3H2,(H,13,16,17)(H2,18,19,20)/t6?,7-,8-,9+/m1/s1. The number of phosphoric ester groups is 1. The molecule has 0 radical (unpaired) electrons. The summed E-state index contributed by atoms with van der Waals surface area (Å²) in [6.07, 6.45) is -3.58. The molecule has 2 heterocycles. The Bertz CT molecular complexity index is 755. The van der Waals surface area contributed by atoms with Gasteiger partial charge in [0.2, 0.25) is 5.82 Å². The molecule has 23 heavy (non-hydrogen) atoms. The van der Waals surface area contributed by atoms with Crippen LogP contribution in [0.3, 0.4) is 0 Å². The highest BCUT2D eigenvalue weighted by atomic mass is 31.2. The molecule has 1 saturated heterocycles. The van der Waals surface area contributed by atoms with E-state index in [1.54, 1.807) is 4.98 Å². The van der Waals surface area contributed by atoms with E-state index >= 15 is 0 Å². The van der Waals surface area contributed by atoms with Gasteiger partial charge in [-0.25, -0.2) is 9.36 Å². The molecule has 1 aliphatic heterocycles. The number of rotatable bonds is 5. The molecule has 0 saturated carbocycles. The highest BCUT2D eigenvalue weighted by Crippen LogP contribution is 2.41. The Morgan fingerprint density at radius 3 is 2.78 bits per heavy atom. The Kier molecular flexibility index (Phi) is 4.99. The van der Waals surface area contributed by atoms with Crippen LogP contribution in [0.2, 0.25) is 0 Å². The molecule has 4 atom stereocenters. The fourth-order valence-corrected chi connectivity index (χ4v) is 2.74. The van der Waals surface area contributed by atoms with Gasteiger partial charge in [0.05, 0.1) is 12.3 Å². The molecule has 1 fully saturated rings. The predicted octanol–water partition coefficient (Wildman–Crippen LogP) is -1.01. The molecule has 0 amide bonds. The van der Waals surface area contributed by atoms with Crippen molar-refractivity contribution in [2.45, 2.75) is 31.0 Å². The van der Waals surface area contributed by atoms with Gasteiger partial charge in [0.25, 0.3) is 5.56 Å². The lowest BCUT2D eigenvalue weighted by Gasteiger charge is -2.23. The Morgan fingerprint density at radius 1 is 1.57 bits per heavy atom. The molecule has 0 aliphatic carbocycles. The number of phosphoric acid groups is 1. The largest absolute Gasteiger partial charge is 0.470 e. The lowest BCUT2D eigenvalue weighted by Crippen LogP contribution is -2.36. The molecule has 1 aliphatic rings. The van der Waals surface area contributed by atoms with Gasteiger partial charge >= 0.3 is 13.5 Å². The van der Waals surface area contributed by atoms with Crippen LogP contribution in [0.15, 0.2) is 28.4 Å². The monoisotopic (exact) mass is 352 g/mol. The molecule has 128 valence electrons. The van der Waals surface area contributed by atoms with Crippen LogP contribution in [0.1, 0.15) is 12.6 Å². The number of nitrogens with one attached hydrogen (secondary N) is 1. The summed E-state index contributed by atoms with van der Waals surface area (Å²) in [5.41, 5.74) is -2.16. The number of aliphatic hydroxyl groups is 1. The van der Waals surface area contributed by atoms with Crippen molar-refractivity contribution < 1.29 is 33.1 Å². The van der Waals surface area contributed by atoms with Gasteiger partial charge in [-0.1, -0.05) is 6.08 Å². The maximum Gasteiger partial charge on any atom is 0.470 e. The van der Waals surface area contributed by atoms with Gasteiger partial charge < -0.3 is 19.6 Å². The Labute approximate surface area is 128 Å². The third kappa shape index (κ3) is 4.02. The number of hydrogen-bond acceptors (Lipinski definition) is 6. The van der Waals surface area contributed by atoms with Crippen LogP contribution in [0.5, 0.6) is 0 Å². The van der Waals surface area contributed by atoms with Gasteiger partial charge in [0.15, 0.2) is 0 Å². The molecule has 1 aromatic rings. The van der Waals surface area contributed by atoms with Gasteiger partial charge in [-0.05, 0) is 0 Å². The van der Waals surface area contributed by atoms with Crippen molar-refractivity contribution in [3.05, 3.63) is 45.5 Å². The van der Waals surface area contributed by atoms with E-state index in [1.807, 2.05) is 0 Å². The summed E-state index contributed by atoms with van der Waals surface area (Å²) < 4.78 is 34.7. The summed E-state index contributed by atoms with van der Waals surface area (Å²) in [5, 5.41) is 9.95. The molecule has 1 unspecified atom stereocenters. The SMILES string of the molecule is C=C[C@@H](OP(=O)(O)O)[C@H]1O[C@@H](n2cc(F)c(=O)[nH]c2=O)CC1O. The molecule has 12 heteroatoms. The first kappa shape index (κ1) is 17.7. The molecular weight excluding hydrogens is 338 g/mol. The molecule has 10 nitrogen and oxygen atoms in total. The number of aliphatic hydroxyl groups excluding tert-OH is 1. The average molecular weight is 352 g/mol. The number of halogens is 1. The van der Waals surface area contributed by atoms with Gasteiger partial charge in [-0.15, -0.1) is 6.58 Å². The second-order valence-corrected chi connectivity index (χ2v) is 5.99. The predicted molar refractivity (Wildman–Crippen MR) is 72.9 cm³/mol. The van der Waals surface area contributed by atoms with E-state index in [2.05, 4.69) is 11.1 Å². The lowest BCUT2D eigenvalue weighted by molar-refractivity contribution is -0.0667. The molecule has 0 spiro atoms. The highest BCUT2D eigenvalue weighted by Gasteiger charge is 2.42. The first-order valence-electron chi connectivity index (χ1n) is 6.33. The first-order valence-corrected chi connectivity index (χ1v) is 7.86. The van der Waals surface area contributed by atoms with Gasteiger partial charge in [0, 0.05) is 6.42 Å². The minimum atomic E-state index is -4.87. The summed E-state index contributed by atoms with van der Waals surface area (Å²) >= 11 is 0. The van der Waals surface area contributed by atoms with Crippen LogP contribution in [0.4, 0.5) is 4.39 Å². The summed E-state index contributed by atoms with van der Waals surface area (Å²) in [6.45, 7) is 3.33. The minimum absolute atomic E-state index is 0.190. The second kappa shape index (κ2) is 6.48. The van der Waals surface area contributed by atoms with Crippen molar-refractivity contribution in [2.75, 3.05) is 0 Å². The number of hydrogen-bond donors (Lipinski definition) is 4. The third-order valence-corrected chi connectivity index (χ3v) is 3.70. The normalized spacial score (nSPS) is 26.2. The van der Waals surface area contributed by atoms with E-state index in [9.17, 15) is 23.7 Å². The van der Waals surface area contributed by atoms with Crippen molar-refractivity contribution >= 4 is 7.82 Å². The van der Waals surface area contributed by atoms with Crippen LogP contribution < -0.4 is 11.2 Å². The van der Waals surface area contributed by atoms with E-state index in [1.165, 1.54) is 0 Å². The number of aromatic nitrogens is 2. The van der Waals surface area contributed by atoms with Gasteiger partial charge in [-0.2, -0.15) is 4.39 Å². The van der Waals surface area contributed by atoms with Crippen LogP contribution in [-0.4, -0.2) is 42.8 Å². The van der Waals surface area contributed by atoms with E-state index < -0.39 is 49.4 Å². The fraction of sp³-hybridized carbons (Fsp3) is 0.455. The lowest BCUT2D eigenvalue weighted by atomic mass is 10.1. The van der Waals surface area contributed by atoms with Crippen LogP contribution in [0.25, 0.3) is 0 Å². The summed E-state index contributed by atoms with van der Waals surface area (Å²) in [5.74, 6) is -1.22. The third-order valence-electron chi connectivity index (χ3n) is 3.19. The van der Waals surface area contributed by atoms with Gasteiger partial charge in [0.1, 0.15) is 18.4 Å². The number of aromatic amines is 1. The van der Waals surface area contributed by atoms with Gasteiger partial charge in [-0.3, -0.25) is 18.9 Å². The Hall–Kier alpha value is -1.62. The topological polar surface area (TPSA) is 151 Å². The molecule has 0 aromatic carbocycles. The molecule has 0 bridgehead atoms. The zero-order valence-electron chi connectivity index (χ0n) is 11.5. The zero-order chi connectivity index (χ0) is 17.4. The molecular formula is C11H14FN2O8P. The van der Waals surface area contributed by atoms with E-state index in [0.717, 1.165) is 10.6 Å². The van der Waals surface area contributed by atoms with E-state index in [-0.39, 0.29) is 6.42 Å². The number of ether oxygens (including phenoxy) is 1. The number of nitrogens with zero attached hydrogens (tertiary/aromatic N) is 1. The zero-order valence-corrected chi connectivity index (χ0v) is 12.4.